The molecule has 0 aromatic rings. The van der Waals surface area contributed by atoms with E-state index in [1.54, 1.807) is 6.08 Å². The molecular weight excluding hydrogens is 124 g/mol. The third-order valence-corrected chi connectivity index (χ3v) is 1.83. The van der Waals surface area contributed by atoms with Gasteiger partial charge in [-0.05, 0) is 12.3 Å². The molecule has 0 aliphatic rings. The number of aliphatic hydroxyl groups is 1. The average Bonchev–Trinajstić information content (AvgIpc) is 1.98. The third kappa shape index (κ3) is 3.67. The molecule has 0 aromatic carbocycles. The molecule has 0 amide bonds. The molecule has 0 aliphatic carbocycles. The Kier molecular flexibility index (Phi) is 5.32. The molecule has 0 fully saturated rings. The zero-order valence-electron chi connectivity index (χ0n) is 7.01. The fourth-order valence-corrected chi connectivity index (χ4v) is 0.833. The number of rotatable bonds is 5. The minimum atomic E-state index is -0.183. The van der Waals surface area contributed by atoms with Gasteiger partial charge in [-0.25, -0.2) is 0 Å². The molecular formula is C9H18O. The van der Waals surface area contributed by atoms with Crippen LogP contribution in [0.1, 0.15) is 33.1 Å². The van der Waals surface area contributed by atoms with Crippen LogP contribution in [0.2, 0.25) is 0 Å². The second-order valence-corrected chi connectivity index (χ2v) is 2.80. The summed E-state index contributed by atoms with van der Waals surface area (Å²) in [5, 5.41) is 9.38. The maximum Gasteiger partial charge on any atom is 0.0600 e. The molecule has 0 saturated heterocycles. The first-order chi connectivity index (χ1) is 4.72. The van der Waals surface area contributed by atoms with E-state index in [1.165, 1.54) is 0 Å². The fraction of sp³-hybridized carbons (Fsp3) is 0.778. The summed E-state index contributed by atoms with van der Waals surface area (Å²) in [5.41, 5.74) is 0. The molecule has 0 radical (unpaired) electrons. The number of unbranched alkanes of at least 4 members (excludes halogenated alkanes) is 1. The van der Waals surface area contributed by atoms with Crippen molar-refractivity contribution in [3.05, 3.63) is 12.7 Å². The Bertz CT molecular complexity index is 88.7. The first-order valence-electron chi connectivity index (χ1n) is 4.03. The quantitative estimate of drug-likeness (QED) is 0.584. The van der Waals surface area contributed by atoms with Gasteiger partial charge in [0.2, 0.25) is 0 Å². The van der Waals surface area contributed by atoms with Crippen LogP contribution in [0.25, 0.3) is 0 Å². The molecule has 10 heavy (non-hydrogen) atoms. The number of hydrogen-bond donors (Lipinski definition) is 1. The van der Waals surface area contributed by atoms with Gasteiger partial charge in [-0.15, -0.1) is 6.58 Å². The lowest BCUT2D eigenvalue weighted by molar-refractivity contribution is 0.126. The molecule has 0 unspecified atom stereocenters. The van der Waals surface area contributed by atoms with E-state index in [9.17, 15) is 5.11 Å². The maximum atomic E-state index is 9.38. The highest BCUT2D eigenvalue weighted by Crippen LogP contribution is 2.10. The van der Waals surface area contributed by atoms with E-state index in [4.69, 9.17) is 0 Å². The largest absolute Gasteiger partial charge is 0.393 e. The van der Waals surface area contributed by atoms with E-state index in [2.05, 4.69) is 13.5 Å². The van der Waals surface area contributed by atoms with E-state index >= 15 is 0 Å². The topological polar surface area (TPSA) is 20.2 Å². The van der Waals surface area contributed by atoms with Crippen LogP contribution < -0.4 is 0 Å². The highest BCUT2D eigenvalue weighted by Gasteiger charge is 2.08. The van der Waals surface area contributed by atoms with Crippen molar-refractivity contribution in [2.45, 2.75) is 39.2 Å². The van der Waals surface area contributed by atoms with Gasteiger partial charge >= 0.3 is 0 Å². The van der Waals surface area contributed by atoms with Crippen LogP contribution in [0.15, 0.2) is 12.7 Å². The molecule has 0 aliphatic heterocycles. The summed E-state index contributed by atoms with van der Waals surface area (Å²) in [7, 11) is 0. The molecule has 2 atom stereocenters. The zero-order valence-corrected chi connectivity index (χ0v) is 7.01. The van der Waals surface area contributed by atoms with E-state index in [1.807, 2.05) is 6.92 Å². The van der Waals surface area contributed by atoms with Crippen molar-refractivity contribution in [3.63, 3.8) is 0 Å². The van der Waals surface area contributed by atoms with Gasteiger partial charge in [-0.1, -0.05) is 32.8 Å². The van der Waals surface area contributed by atoms with Gasteiger partial charge in [0.05, 0.1) is 6.10 Å². The average molecular weight is 142 g/mol. The molecule has 0 bridgehead atoms. The van der Waals surface area contributed by atoms with Crippen molar-refractivity contribution in [1.29, 1.82) is 0 Å². The predicted octanol–water partition coefficient (Wildman–Crippen LogP) is 2.36. The standard InChI is InChI=1S/C9H18O/c1-4-6-7-9(10)8(3)5-2/h5,8-10H,2,4,6-7H2,1,3H3/t8-,9+/m0/s1. The second-order valence-electron chi connectivity index (χ2n) is 2.80. The lowest BCUT2D eigenvalue weighted by Crippen LogP contribution is -2.14. The molecule has 0 heterocycles. The smallest absolute Gasteiger partial charge is 0.0600 e. The van der Waals surface area contributed by atoms with Gasteiger partial charge in [0, 0.05) is 0 Å². The summed E-state index contributed by atoms with van der Waals surface area (Å²) < 4.78 is 0. The van der Waals surface area contributed by atoms with E-state index < -0.39 is 0 Å². The normalized spacial score (nSPS) is 16.3. The van der Waals surface area contributed by atoms with Crippen LogP contribution in [0, 0.1) is 5.92 Å². The Hall–Kier alpha value is -0.300. The van der Waals surface area contributed by atoms with E-state index in [-0.39, 0.29) is 12.0 Å². The van der Waals surface area contributed by atoms with Gasteiger partial charge in [0.15, 0.2) is 0 Å². The highest BCUT2D eigenvalue weighted by atomic mass is 16.3. The third-order valence-electron chi connectivity index (χ3n) is 1.83. The van der Waals surface area contributed by atoms with Crippen LogP contribution in [0.4, 0.5) is 0 Å². The van der Waals surface area contributed by atoms with Crippen molar-refractivity contribution < 1.29 is 5.11 Å². The summed E-state index contributed by atoms with van der Waals surface area (Å²) in [6, 6.07) is 0. The van der Waals surface area contributed by atoms with Crippen LogP contribution in [-0.4, -0.2) is 11.2 Å². The van der Waals surface area contributed by atoms with E-state index in [0.717, 1.165) is 19.3 Å². The van der Waals surface area contributed by atoms with Crippen LogP contribution in [0.5, 0.6) is 0 Å². The van der Waals surface area contributed by atoms with Gasteiger partial charge < -0.3 is 5.11 Å². The van der Waals surface area contributed by atoms with Crippen molar-refractivity contribution in [2.24, 2.45) is 5.92 Å². The summed E-state index contributed by atoms with van der Waals surface area (Å²) in [5.74, 6) is 0.242. The predicted molar refractivity (Wildman–Crippen MR) is 44.9 cm³/mol. The van der Waals surface area contributed by atoms with Crippen molar-refractivity contribution >= 4 is 0 Å². The van der Waals surface area contributed by atoms with Gasteiger partial charge in [0.1, 0.15) is 0 Å². The van der Waals surface area contributed by atoms with Crippen molar-refractivity contribution in [3.8, 4) is 0 Å². The lowest BCUT2D eigenvalue weighted by atomic mass is 10.0. The second kappa shape index (κ2) is 5.48. The first kappa shape index (κ1) is 9.70. The summed E-state index contributed by atoms with van der Waals surface area (Å²) in [6.07, 6.45) is 4.79. The SMILES string of the molecule is C=C[C@H](C)[C@H](O)CCCC. The summed E-state index contributed by atoms with van der Waals surface area (Å²) in [4.78, 5) is 0. The number of aliphatic hydroxyl groups excluding tert-OH is 1. The minimum absolute atomic E-state index is 0.183. The molecule has 0 saturated carbocycles. The molecule has 0 aromatic heterocycles. The lowest BCUT2D eigenvalue weighted by Gasteiger charge is -2.13. The minimum Gasteiger partial charge on any atom is -0.393 e. The molecule has 0 spiro atoms. The van der Waals surface area contributed by atoms with Crippen LogP contribution in [0.3, 0.4) is 0 Å². The Morgan fingerprint density at radius 3 is 2.60 bits per heavy atom. The Morgan fingerprint density at radius 2 is 2.20 bits per heavy atom. The van der Waals surface area contributed by atoms with Gasteiger partial charge in [0.25, 0.3) is 0 Å². The van der Waals surface area contributed by atoms with Gasteiger partial charge in [-0.2, -0.15) is 0 Å². The summed E-state index contributed by atoms with van der Waals surface area (Å²) >= 11 is 0. The molecule has 0 rings (SSSR count). The molecule has 1 N–H and O–H groups in total. The zero-order chi connectivity index (χ0) is 7.98. The Morgan fingerprint density at radius 1 is 1.60 bits per heavy atom. The van der Waals surface area contributed by atoms with Gasteiger partial charge in [-0.3, -0.25) is 0 Å². The monoisotopic (exact) mass is 142 g/mol. The van der Waals surface area contributed by atoms with E-state index in [0.29, 0.717) is 0 Å². The fourth-order valence-electron chi connectivity index (χ4n) is 0.833. The Labute approximate surface area is 63.8 Å². The molecule has 60 valence electrons. The number of hydrogen-bond acceptors (Lipinski definition) is 1. The van der Waals surface area contributed by atoms with Crippen LogP contribution >= 0.6 is 0 Å². The first-order valence-corrected chi connectivity index (χ1v) is 4.03. The highest BCUT2D eigenvalue weighted by molar-refractivity contribution is 4.80. The van der Waals surface area contributed by atoms with Crippen molar-refractivity contribution in [2.75, 3.05) is 0 Å². The molecule has 1 nitrogen and oxygen atoms in total. The maximum absolute atomic E-state index is 9.38. The summed E-state index contributed by atoms with van der Waals surface area (Å²) in [6.45, 7) is 7.75. The van der Waals surface area contributed by atoms with Crippen LogP contribution in [-0.2, 0) is 0 Å². The Balaban J connectivity index is 3.40. The van der Waals surface area contributed by atoms with Crippen molar-refractivity contribution in [1.82, 2.24) is 0 Å². The molecule has 1 heteroatoms.